The Morgan fingerprint density at radius 2 is 2.17 bits per heavy atom. The van der Waals surface area contributed by atoms with Crippen molar-refractivity contribution in [2.24, 2.45) is 0 Å². The van der Waals surface area contributed by atoms with Crippen molar-refractivity contribution in [2.75, 3.05) is 7.11 Å². The van der Waals surface area contributed by atoms with Crippen molar-refractivity contribution in [3.8, 4) is 5.75 Å². The summed E-state index contributed by atoms with van der Waals surface area (Å²) < 4.78 is 11.8. The number of carbonyl (C=O) groups is 1. The molecule has 0 unspecified atom stereocenters. The van der Waals surface area contributed by atoms with Crippen LogP contribution in [-0.2, 0) is 9.53 Å². The molecule has 18 heavy (non-hydrogen) atoms. The van der Waals surface area contributed by atoms with Crippen molar-refractivity contribution >= 4 is 21.9 Å². The number of ether oxygens (including phenoxy) is 2. The highest BCUT2D eigenvalue weighted by Gasteiger charge is 2.42. The molecular formula is C14H17BrO3. The lowest BCUT2D eigenvalue weighted by Gasteiger charge is -2.41. The quantitative estimate of drug-likeness (QED) is 0.797. The average molecular weight is 313 g/mol. The van der Waals surface area contributed by atoms with Gasteiger partial charge >= 0.3 is 5.97 Å². The van der Waals surface area contributed by atoms with Crippen molar-refractivity contribution in [1.29, 1.82) is 0 Å². The fraction of sp³-hybridized carbons (Fsp3) is 0.500. The van der Waals surface area contributed by atoms with Gasteiger partial charge in [-0.1, -0.05) is 22.0 Å². The first-order valence-electron chi connectivity index (χ1n) is 6.07. The van der Waals surface area contributed by atoms with Gasteiger partial charge in [0.05, 0.1) is 13.5 Å². The van der Waals surface area contributed by atoms with Crippen LogP contribution in [0.3, 0.4) is 0 Å². The van der Waals surface area contributed by atoms with E-state index < -0.39 is 0 Å². The van der Waals surface area contributed by atoms with Gasteiger partial charge in [0.1, 0.15) is 11.4 Å². The molecule has 1 fully saturated rings. The normalized spacial score (nSPS) is 16.8. The van der Waals surface area contributed by atoms with Crippen LogP contribution >= 0.6 is 15.9 Å². The van der Waals surface area contributed by atoms with Gasteiger partial charge < -0.3 is 9.47 Å². The van der Waals surface area contributed by atoms with E-state index in [9.17, 15) is 4.79 Å². The number of carbonyl (C=O) groups excluding carboxylic acids is 1. The van der Waals surface area contributed by atoms with Crippen LogP contribution in [0.25, 0.3) is 0 Å². The molecule has 0 aromatic heterocycles. The lowest BCUT2D eigenvalue weighted by molar-refractivity contribution is -0.148. The second-order valence-electron chi connectivity index (χ2n) is 4.80. The fourth-order valence-electron chi connectivity index (χ4n) is 2.14. The standard InChI is InChI=1S/C14H17BrO3/c1-10-4-5-11(15)8-12(10)18-14(6-3-7-14)9-13(16)17-2/h4-5,8H,3,6-7,9H2,1-2H3. The van der Waals surface area contributed by atoms with Crippen molar-refractivity contribution in [3.05, 3.63) is 28.2 Å². The van der Waals surface area contributed by atoms with Crippen LogP contribution in [0, 0.1) is 6.92 Å². The molecule has 0 bridgehead atoms. The van der Waals surface area contributed by atoms with E-state index in [1.807, 2.05) is 25.1 Å². The van der Waals surface area contributed by atoms with Crippen molar-refractivity contribution < 1.29 is 14.3 Å². The lowest BCUT2D eigenvalue weighted by Crippen LogP contribution is -2.45. The predicted molar refractivity (Wildman–Crippen MR) is 72.7 cm³/mol. The first-order chi connectivity index (χ1) is 8.54. The zero-order valence-corrected chi connectivity index (χ0v) is 12.2. The maximum absolute atomic E-state index is 11.5. The Kier molecular flexibility index (Phi) is 3.95. The maximum atomic E-state index is 11.5. The molecule has 1 aromatic carbocycles. The zero-order chi connectivity index (χ0) is 13.2. The van der Waals surface area contributed by atoms with E-state index in [0.717, 1.165) is 35.0 Å². The SMILES string of the molecule is COC(=O)CC1(Oc2cc(Br)ccc2C)CCC1. The van der Waals surface area contributed by atoms with Gasteiger partial charge in [0, 0.05) is 4.47 Å². The highest BCUT2D eigenvalue weighted by atomic mass is 79.9. The van der Waals surface area contributed by atoms with E-state index in [2.05, 4.69) is 15.9 Å². The molecular weight excluding hydrogens is 296 g/mol. The number of aryl methyl sites for hydroxylation is 1. The number of benzene rings is 1. The first-order valence-corrected chi connectivity index (χ1v) is 6.86. The van der Waals surface area contributed by atoms with Crippen LogP contribution in [0.1, 0.15) is 31.2 Å². The van der Waals surface area contributed by atoms with Crippen LogP contribution in [-0.4, -0.2) is 18.7 Å². The molecule has 98 valence electrons. The van der Waals surface area contributed by atoms with Crippen LogP contribution in [0.4, 0.5) is 0 Å². The topological polar surface area (TPSA) is 35.5 Å². The molecule has 0 amide bonds. The van der Waals surface area contributed by atoms with Gasteiger partial charge in [-0.2, -0.15) is 0 Å². The molecule has 1 aliphatic rings. The minimum absolute atomic E-state index is 0.206. The molecule has 3 nitrogen and oxygen atoms in total. The molecule has 0 saturated heterocycles. The number of methoxy groups -OCH3 is 1. The molecule has 2 rings (SSSR count). The Balaban J connectivity index is 2.15. The lowest BCUT2D eigenvalue weighted by atomic mass is 9.77. The summed E-state index contributed by atoms with van der Waals surface area (Å²) in [4.78, 5) is 11.5. The van der Waals surface area contributed by atoms with E-state index in [-0.39, 0.29) is 11.6 Å². The van der Waals surface area contributed by atoms with E-state index in [1.165, 1.54) is 7.11 Å². The van der Waals surface area contributed by atoms with Crippen molar-refractivity contribution in [2.45, 2.75) is 38.2 Å². The predicted octanol–water partition coefficient (Wildman–Crippen LogP) is 3.62. The highest BCUT2D eigenvalue weighted by molar-refractivity contribution is 9.10. The van der Waals surface area contributed by atoms with Gasteiger partial charge in [-0.3, -0.25) is 4.79 Å². The molecule has 0 radical (unpaired) electrons. The first kappa shape index (κ1) is 13.4. The number of esters is 1. The van der Waals surface area contributed by atoms with E-state index in [1.54, 1.807) is 0 Å². The second-order valence-corrected chi connectivity index (χ2v) is 5.72. The summed E-state index contributed by atoms with van der Waals surface area (Å²) in [6.07, 6.45) is 3.25. The summed E-state index contributed by atoms with van der Waals surface area (Å²) in [5.41, 5.74) is 0.716. The van der Waals surface area contributed by atoms with Gasteiger partial charge in [0.25, 0.3) is 0 Å². The number of hydrogen-bond acceptors (Lipinski definition) is 3. The molecule has 0 heterocycles. The summed E-state index contributed by atoms with van der Waals surface area (Å²) in [5, 5.41) is 0. The second kappa shape index (κ2) is 5.31. The zero-order valence-electron chi connectivity index (χ0n) is 10.7. The summed E-state index contributed by atoms with van der Waals surface area (Å²) in [5.74, 6) is 0.635. The Labute approximate surface area is 116 Å². The largest absolute Gasteiger partial charge is 0.486 e. The van der Waals surface area contributed by atoms with Crippen LogP contribution in [0.15, 0.2) is 22.7 Å². The monoisotopic (exact) mass is 312 g/mol. The third-order valence-electron chi connectivity index (χ3n) is 3.44. The van der Waals surface area contributed by atoms with Crippen LogP contribution in [0.5, 0.6) is 5.75 Å². The average Bonchev–Trinajstić information content (AvgIpc) is 2.30. The fourth-order valence-corrected chi connectivity index (χ4v) is 2.48. The van der Waals surface area contributed by atoms with E-state index in [0.29, 0.717) is 6.42 Å². The number of rotatable bonds is 4. The van der Waals surface area contributed by atoms with E-state index >= 15 is 0 Å². The van der Waals surface area contributed by atoms with Crippen molar-refractivity contribution in [3.63, 3.8) is 0 Å². The summed E-state index contributed by atoms with van der Waals surface area (Å²) in [6.45, 7) is 2.01. The van der Waals surface area contributed by atoms with Crippen LogP contribution < -0.4 is 4.74 Å². The Morgan fingerprint density at radius 1 is 1.44 bits per heavy atom. The maximum Gasteiger partial charge on any atom is 0.309 e. The van der Waals surface area contributed by atoms with Crippen LogP contribution in [0.2, 0.25) is 0 Å². The van der Waals surface area contributed by atoms with Gasteiger partial charge in [0.15, 0.2) is 0 Å². The Bertz CT molecular complexity index is 452. The third kappa shape index (κ3) is 2.86. The number of hydrogen-bond donors (Lipinski definition) is 0. The summed E-state index contributed by atoms with van der Waals surface area (Å²) >= 11 is 3.44. The highest BCUT2D eigenvalue weighted by Crippen LogP contribution is 2.41. The smallest absolute Gasteiger partial charge is 0.309 e. The summed E-state index contributed by atoms with van der Waals surface area (Å²) in [7, 11) is 1.42. The molecule has 0 aliphatic heterocycles. The van der Waals surface area contributed by atoms with Gasteiger partial charge in [-0.15, -0.1) is 0 Å². The van der Waals surface area contributed by atoms with E-state index in [4.69, 9.17) is 9.47 Å². The van der Waals surface area contributed by atoms with Crippen molar-refractivity contribution in [1.82, 2.24) is 0 Å². The molecule has 1 aliphatic carbocycles. The third-order valence-corrected chi connectivity index (χ3v) is 3.93. The molecule has 1 saturated carbocycles. The van der Waals surface area contributed by atoms with Gasteiger partial charge in [-0.25, -0.2) is 0 Å². The van der Waals surface area contributed by atoms with Gasteiger partial charge in [-0.05, 0) is 43.9 Å². The molecule has 0 spiro atoms. The minimum Gasteiger partial charge on any atom is -0.486 e. The minimum atomic E-state index is -0.362. The van der Waals surface area contributed by atoms with Gasteiger partial charge in [0.2, 0.25) is 0 Å². The molecule has 0 atom stereocenters. The molecule has 1 aromatic rings. The summed E-state index contributed by atoms with van der Waals surface area (Å²) in [6, 6.07) is 5.94. The number of halogens is 1. The molecule has 0 N–H and O–H groups in total. The Morgan fingerprint density at radius 3 is 2.72 bits per heavy atom. The Hall–Kier alpha value is -1.03. The molecule has 4 heteroatoms.